The predicted octanol–water partition coefficient (Wildman–Crippen LogP) is 6.11. The molecule has 3 aromatic carbocycles. The molecule has 6 heteroatoms. The van der Waals surface area contributed by atoms with Gasteiger partial charge in [0.25, 0.3) is 0 Å². The molecule has 2 amide bonds. The molecule has 1 aliphatic heterocycles. The fourth-order valence-corrected chi connectivity index (χ4v) is 4.77. The highest BCUT2D eigenvalue weighted by atomic mass is 35.5. The van der Waals surface area contributed by atoms with Crippen LogP contribution in [0.15, 0.2) is 66.7 Å². The molecule has 0 radical (unpaired) electrons. The van der Waals surface area contributed by atoms with Crippen molar-refractivity contribution in [3.63, 3.8) is 0 Å². The van der Waals surface area contributed by atoms with Crippen molar-refractivity contribution in [1.82, 2.24) is 9.80 Å². The average Bonchev–Trinajstić information content (AvgIpc) is 2.99. The first-order valence-corrected chi connectivity index (χ1v) is 12.2. The Hall–Kier alpha value is -3.02. The van der Waals surface area contributed by atoms with Gasteiger partial charge in [-0.05, 0) is 66.4 Å². The Balaban J connectivity index is 1.53. The lowest BCUT2D eigenvalue weighted by Crippen LogP contribution is -2.35. The summed E-state index contributed by atoms with van der Waals surface area (Å²) in [4.78, 5) is 17.0. The van der Waals surface area contributed by atoms with E-state index in [-0.39, 0.29) is 17.7 Å². The van der Waals surface area contributed by atoms with Crippen LogP contribution in [0.1, 0.15) is 41.5 Å². The number of benzene rings is 3. The zero-order valence-electron chi connectivity index (χ0n) is 19.8. The third kappa shape index (κ3) is 5.72. The third-order valence-corrected chi connectivity index (χ3v) is 6.71. The van der Waals surface area contributed by atoms with E-state index in [1.54, 1.807) is 0 Å². The van der Waals surface area contributed by atoms with Crippen molar-refractivity contribution in [2.24, 2.45) is 0 Å². The van der Waals surface area contributed by atoms with Gasteiger partial charge < -0.3 is 20.2 Å². The Labute approximate surface area is 207 Å². The molecule has 0 saturated carbocycles. The highest BCUT2D eigenvalue weighted by Gasteiger charge is 2.24. The number of fused-ring (bicyclic) bond motifs is 1. The summed E-state index contributed by atoms with van der Waals surface area (Å²) < 4.78 is 0. The molecule has 0 unspecified atom stereocenters. The summed E-state index contributed by atoms with van der Waals surface area (Å²) in [5, 5.41) is 13.7. The maximum atomic E-state index is 12.9. The number of phenolic OH excluding ortho intramolecular Hbond substituents is 1. The number of para-hydroxylation sites is 1. The zero-order chi connectivity index (χ0) is 24.1. The number of halogens is 1. The zero-order valence-corrected chi connectivity index (χ0v) is 20.6. The molecule has 0 saturated heterocycles. The third-order valence-electron chi connectivity index (χ3n) is 6.40. The molecular formula is C28H32ClN3O2. The van der Waals surface area contributed by atoms with Gasteiger partial charge in [-0.25, -0.2) is 4.79 Å². The number of phenols is 1. The largest absolute Gasteiger partial charge is 0.506 e. The summed E-state index contributed by atoms with van der Waals surface area (Å²) >= 11 is 6.20. The smallest absolute Gasteiger partial charge is 0.322 e. The van der Waals surface area contributed by atoms with Crippen LogP contribution in [0, 0.1) is 0 Å². The van der Waals surface area contributed by atoms with Crippen molar-refractivity contribution >= 4 is 23.3 Å². The van der Waals surface area contributed by atoms with E-state index in [1.165, 1.54) is 11.1 Å². The Kier molecular flexibility index (Phi) is 7.76. The second-order valence-electron chi connectivity index (χ2n) is 9.03. The van der Waals surface area contributed by atoms with E-state index in [4.69, 9.17) is 11.6 Å². The van der Waals surface area contributed by atoms with Crippen LogP contribution in [0.3, 0.4) is 0 Å². The monoisotopic (exact) mass is 477 g/mol. The summed E-state index contributed by atoms with van der Waals surface area (Å²) in [6.45, 7) is 5.12. The fourth-order valence-electron chi connectivity index (χ4n) is 4.58. The summed E-state index contributed by atoms with van der Waals surface area (Å²) in [6.07, 6.45) is 1.79. The molecular weight excluding hydrogens is 446 g/mol. The van der Waals surface area contributed by atoms with Crippen LogP contribution in [-0.4, -0.2) is 47.6 Å². The number of carbonyl (C=O) groups excluding carboxylic acids is 1. The van der Waals surface area contributed by atoms with Crippen molar-refractivity contribution in [3.05, 3.63) is 94.0 Å². The summed E-state index contributed by atoms with van der Waals surface area (Å²) in [7, 11) is 2.13. The lowest BCUT2D eigenvalue weighted by Gasteiger charge is -2.24. The number of amides is 2. The van der Waals surface area contributed by atoms with Crippen molar-refractivity contribution in [2.45, 2.75) is 32.2 Å². The molecule has 0 aromatic heterocycles. The minimum atomic E-state index is -0.0937. The van der Waals surface area contributed by atoms with Crippen LogP contribution in [0.4, 0.5) is 10.5 Å². The summed E-state index contributed by atoms with van der Waals surface area (Å²) in [5.74, 6) is 0.277. The van der Waals surface area contributed by atoms with E-state index in [1.807, 2.05) is 47.4 Å². The van der Waals surface area contributed by atoms with E-state index >= 15 is 0 Å². The molecule has 1 aliphatic rings. The number of aromatic hydroxyl groups is 1. The van der Waals surface area contributed by atoms with E-state index in [0.29, 0.717) is 18.1 Å². The molecule has 0 fully saturated rings. The minimum Gasteiger partial charge on any atom is -0.506 e. The number of nitrogens with zero attached hydrogens (tertiary/aromatic N) is 2. The molecule has 0 bridgehead atoms. The Morgan fingerprint density at radius 2 is 1.88 bits per heavy atom. The maximum absolute atomic E-state index is 12.9. The van der Waals surface area contributed by atoms with Gasteiger partial charge in [0.1, 0.15) is 5.75 Å². The lowest BCUT2D eigenvalue weighted by molar-refractivity contribution is 0.209. The number of hydrogen-bond donors (Lipinski definition) is 2. The van der Waals surface area contributed by atoms with E-state index < -0.39 is 0 Å². The van der Waals surface area contributed by atoms with E-state index in [0.717, 1.165) is 42.7 Å². The van der Waals surface area contributed by atoms with Gasteiger partial charge in [-0.15, -0.1) is 0 Å². The van der Waals surface area contributed by atoms with Crippen LogP contribution < -0.4 is 5.32 Å². The Morgan fingerprint density at radius 3 is 2.59 bits per heavy atom. The van der Waals surface area contributed by atoms with E-state index in [9.17, 15) is 9.90 Å². The molecule has 3 aromatic rings. The van der Waals surface area contributed by atoms with Gasteiger partial charge in [-0.1, -0.05) is 61.0 Å². The molecule has 4 rings (SSSR count). The number of nitrogens with one attached hydrogen (secondary N) is 1. The van der Waals surface area contributed by atoms with Crippen LogP contribution >= 0.6 is 11.6 Å². The van der Waals surface area contributed by atoms with Gasteiger partial charge in [0.05, 0.1) is 5.02 Å². The quantitative estimate of drug-likeness (QED) is 0.450. The molecule has 178 valence electrons. The first-order valence-electron chi connectivity index (χ1n) is 11.8. The van der Waals surface area contributed by atoms with Crippen molar-refractivity contribution in [2.75, 3.05) is 32.0 Å². The average molecular weight is 478 g/mol. The van der Waals surface area contributed by atoms with Crippen molar-refractivity contribution in [1.29, 1.82) is 0 Å². The number of hydrogen-bond acceptors (Lipinski definition) is 3. The molecule has 34 heavy (non-hydrogen) atoms. The second kappa shape index (κ2) is 10.9. The van der Waals surface area contributed by atoms with Gasteiger partial charge in [0.2, 0.25) is 0 Å². The Morgan fingerprint density at radius 1 is 1.15 bits per heavy atom. The van der Waals surface area contributed by atoms with Gasteiger partial charge in [-0.2, -0.15) is 0 Å². The van der Waals surface area contributed by atoms with Crippen LogP contribution in [0.5, 0.6) is 5.75 Å². The van der Waals surface area contributed by atoms with Crippen LogP contribution in [0.25, 0.3) is 0 Å². The lowest BCUT2D eigenvalue weighted by atomic mass is 9.87. The molecule has 0 aliphatic carbocycles. The van der Waals surface area contributed by atoms with Crippen LogP contribution in [-0.2, 0) is 13.0 Å². The topological polar surface area (TPSA) is 55.8 Å². The number of likely N-dealkylation sites (N-methyl/N-ethyl adjacent to an activating group) is 1. The molecule has 0 spiro atoms. The number of anilines is 1. The number of rotatable bonds is 6. The first-order chi connectivity index (χ1) is 16.4. The minimum absolute atomic E-state index is 0.0937. The second-order valence-corrected chi connectivity index (χ2v) is 9.43. The standard InChI is InChI=1S/C28H32ClN3O2/c1-3-14-32(28(34)30-23-7-5-4-6-8-23)18-20-9-11-21(12-10-20)25-19-31(2)15-13-22-16-26(29)27(33)17-24(22)25/h4-12,16-17,25,33H,3,13-15,18-19H2,1-2H3,(H,30,34)/t25-/m1/s1. The Bertz CT molecular complexity index is 1120. The van der Waals surface area contributed by atoms with Gasteiger partial charge in [0.15, 0.2) is 0 Å². The molecule has 5 nitrogen and oxygen atoms in total. The van der Waals surface area contributed by atoms with Gasteiger partial charge in [0, 0.05) is 37.8 Å². The van der Waals surface area contributed by atoms with Crippen LogP contribution in [0.2, 0.25) is 5.02 Å². The number of urea groups is 1. The summed E-state index contributed by atoms with van der Waals surface area (Å²) in [5.41, 5.74) is 5.39. The maximum Gasteiger partial charge on any atom is 0.322 e. The SMILES string of the molecule is CCCN(Cc1ccc([C@H]2CN(C)CCc3cc(Cl)c(O)cc32)cc1)C(=O)Nc1ccccc1. The van der Waals surface area contributed by atoms with Crippen molar-refractivity contribution in [3.8, 4) is 5.75 Å². The van der Waals surface area contributed by atoms with Gasteiger partial charge >= 0.3 is 6.03 Å². The fraction of sp³-hybridized carbons (Fsp3) is 0.321. The predicted molar refractivity (Wildman–Crippen MR) is 139 cm³/mol. The highest BCUT2D eigenvalue weighted by molar-refractivity contribution is 6.32. The normalized spacial score (nSPS) is 15.9. The van der Waals surface area contributed by atoms with E-state index in [2.05, 4.69) is 48.5 Å². The molecule has 1 atom stereocenters. The van der Waals surface area contributed by atoms with Crippen molar-refractivity contribution < 1.29 is 9.90 Å². The van der Waals surface area contributed by atoms with Gasteiger partial charge in [-0.3, -0.25) is 0 Å². The number of carbonyl (C=O) groups is 1. The molecule has 1 heterocycles. The first kappa shape index (κ1) is 24.1. The molecule has 2 N–H and O–H groups in total. The summed E-state index contributed by atoms with van der Waals surface area (Å²) in [6, 6.07) is 21.7. The highest BCUT2D eigenvalue weighted by Crippen LogP contribution is 2.36.